The summed E-state index contributed by atoms with van der Waals surface area (Å²) < 4.78 is 6.04. The molecule has 0 heterocycles. The van der Waals surface area contributed by atoms with E-state index in [0.29, 0.717) is 22.8 Å². The van der Waals surface area contributed by atoms with Gasteiger partial charge in [-0.25, -0.2) is 5.43 Å². The van der Waals surface area contributed by atoms with Crippen LogP contribution in [0.1, 0.15) is 33.4 Å². The molecule has 0 saturated carbocycles. The first-order chi connectivity index (χ1) is 17.4. The molecule has 0 aliphatic heterocycles. The van der Waals surface area contributed by atoms with E-state index < -0.39 is 11.5 Å². The van der Waals surface area contributed by atoms with Gasteiger partial charge in [-0.2, -0.15) is 5.10 Å². The van der Waals surface area contributed by atoms with Crippen LogP contribution in [0.15, 0.2) is 102 Å². The predicted molar refractivity (Wildman–Crippen MR) is 143 cm³/mol. The first-order valence-corrected chi connectivity index (χ1v) is 11.9. The second-order valence-corrected chi connectivity index (χ2v) is 8.98. The van der Waals surface area contributed by atoms with E-state index in [9.17, 15) is 9.90 Å². The zero-order chi connectivity index (χ0) is 25.5. The number of nitrogens with zero attached hydrogens (tertiary/aromatic N) is 1. The van der Waals surface area contributed by atoms with Crippen LogP contribution in [0.3, 0.4) is 0 Å². The molecule has 6 heteroatoms. The van der Waals surface area contributed by atoms with Gasteiger partial charge in [0, 0.05) is 5.02 Å². The third kappa shape index (κ3) is 5.65. The van der Waals surface area contributed by atoms with Crippen LogP contribution in [0.25, 0.3) is 0 Å². The Labute approximate surface area is 216 Å². The van der Waals surface area contributed by atoms with Gasteiger partial charge in [0.25, 0.3) is 5.91 Å². The number of hydrazone groups is 1. The average Bonchev–Trinajstić information content (AvgIpc) is 2.89. The summed E-state index contributed by atoms with van der Waals surface area (Å²) in [4.78, 5) is 13.2. The van der Waals surface area contributed by atoms with E-state index >= 15 is 0 Å². The van der Waals surface area contributed by atoms with E-state index in [-0.39, 0.29) is 0 Å². The van der Waals surface area contributed by atoms with Crippen molar-refractivity contribution in [1.82, 2.24) is 5.43 Å². The maximum absolute atomic E-state index is 13.2. The summed E-state index contributed by atoms with van der Waals surface area (Å²) in [5.74, 6) is 0.154. The number of carbonyl (C=O) groups is 1. The van der Waals surface area contributed by atoms with Crippen LogP contribution in [0.2, 0.25) is 5.02 Å². The van der Waals surface area contributed by atoms with Crippen molar-refractivity contribution in [3.8, 4) is 5.75 Å². The molecule has 5 nitrogen and oxygen atoms in total. The van der Waals surface area contributed by atoms with Gasteiger partial charge in [-0.15, -0.1) is 0 Å². The standard InChI is InChI=1S/C30H27ClN2O3/c1-21-17-24(18-22(2)28(21)36-20-23-13-15-27(31)16-14-23)19-32-33-29(34)30(35,25-9-5-3-6-10-25)26-11-7-4-8-12-26/h3-19,35H,20H2,1-2H3,(H,33,34)/b32-19-. The largest absolute Gasteiger partial charge is 0.488 e. The summed E-state index contributed by atoms with van der Waals surface area (Å²) in [5, 5.41) is 16.3. The van der Waals surface area contributed by atoms with Gasteiger partial charge < -0.3 is 9.84 Å². The monoisotopic (exact) mass is 498 g/mol. The molecule has 4 rings (SSSR count). The Morgan fingerprint density at radius 2 is 1.44 bits per heavy atom. The molecule has 0 radical (unpaired) electrons. The SMILES string of the molecule is Cc1cc(/C=N\NC(=O)C(O)(c2ccccc2)c2ccccc2)cc(C)c1OCc1ccc(Cl)cc1. The Morgan fingerprint density at radius 1 is 0.917 bits per heavy atom. The number of aryl methyl sites for hydroxylation is 2. The summed E-state index contributed by atoms with van der Waals surface area (Å²) in [6.45, 7) is 4.35. The first kappa shape index (κ1) is 25.2. The zero-order valence-electron chi connectivity index (χ0n) is 20.1. The fourth-order valence-corrected chi connectivity index (χ4v) is 4.18. The van der Waals surface area contributed by atoms with Crippen LogP contribution in [-0.2, 0) is 17.0 Å². The Bertz CT molecular complexity index is 1290. The molecular weight excluding hydrogens is 472 g/mol. The van der Waals surface area contributed by atoms with Gasteiger partial charge in [-0.3, -0.25) is 4.79 Å². The number of ether oxygens (including phenoxy) is 1. The number of nitrogens with one attached hydrogen (secondary N) is 1. The highest BCUT2D eigenvalue weighted by atomic mass is 35.5. The van der Waals surface area contributed by atoms with Crippen molar-refractivity contribution in [1.29, 1.82) is 0 Å². The molecule has 36 heavy (non-hydrogen) atoms. The van der Waals surface area contributed by atoms with Crippen LogP contribution in [-0.4, -0.2) is 17.2 Å². The maximum Gasteiger partial charge on any atom is 0.281 e. The fraction of sp³-hybridized carbons (Fsp3) is 0.133. The van der Waals surface area contributed by atoms with Crippen LogP contribution in [0, 0.1) is 13.8 Å². The van der Waals surface area contributed by atoms with Gasteiger partial charge in [-0.1, -0.05) is 84.4 Å². The van der Waals surface area contributed by atoms with Crippen LogP contribution in [0.5, 0.6) is 5.75 Å². The van der Waals surface area contributed by atoms with Crippen LogP contribution in [0.4, 0.5) is 0 Å². The Kier molecular flexibility index (Phi) is 7.84. The van der Waals surface area contributed by atoms with Crippen molar-refractivity contribution >= 4 is 23.7 Å². The lowest BCUT2D eigenvalue weighted by molar-refractivity contribution is -0.136. The Hall–Kier alpha value is -3.93. The van der Waals surface area contributed by atoms with Crippen molar-refractivity contribution in [2.45, 2.75) is 26.1 Å². The third-order valence-corrected chi connectivity index (χ3v) is 6.12. The molecule has 0 aliphatic rings. The van der Waals surface area contributed by atoms with Crippen molar-refractivity contribution in [3.05, 3.63) is 135 Å². The topological polar surface area (TPSA) is 70.9 Å². The van der Waals surface area contributed by atoms with E-state index in [4.69, 9.17) is 16.3 Å². The molecule has 4 aromatic carbocycles. The van der Waals surface area contributed by atoms with Gasteiger partial charge in [0.05, 0.1) is 6.21 Å². The van der Waals surface area contributed by atoms with Gasteiger partial charge in [-0.05, 0) is 71.5 Å². The van der Waals surface area contributed by atoms with Crippen molar-refractivity contribution in [3.63, 3.8) is 0 Å². The lowest BCUT2D eigenvalue weighted by Crippen LogP contribution is -2.43. The van der Waals surface area contributed by atoms with Gasteiger partial charge in [0.15, 0.2) is 5.60 Å². The summed E-state index contributed by atoms with van der Waals surface area (Å²) in [6.07, 6.45) is 1.55. The molecule has 0 aliphatic carbocycles. The number of hydrogen-bond donors (Lipinski definition) is 2. The molecule has 0 bridgehead atoms. The van der Waals surface area contributed by atoms with Crippen LogP contribution < -0.4 is 10.2 Å². The molecule has 0 fully saturated rings. The average molecular weight is 499 g/mol. The summed E-state index contributed by atoms with van der Waals surface area (Å²) in [7, 11) is 0. The van der Waals surface area contributed by atoms with Gasteiger partial charge in [0.2, 0.25) is 0 Å². The van der Waals surface area contributed by atoms with Gasteiger partial charge >= 0.3 is 0 Å². The highest BCUT2D eigenvalue weighted by molar-refractivity contribution is 6.30. The molecular formula is C30H27ClN2O3. The Balaban J connectivity index is 1.49. The molecule has 1 amide bonds. The third-order valence-electron chi connectivity index (χ3n) is 5.87. The number of rotatable bonds is 8. The fourth-order valence-electron chi connectivity index (χ4n) is 4.06. The summed E-state index contributed by atoms with van der Waals surface area (Å²) in [5.41, 5.74) is 5.26. The summed E-state index contributed by atoms with van der Waals surface area (Å²) in [6, 6.07) is 29.0. The molecule has 0 spiro atoms. The maximum atomic E-state index is 13.2. The molecule has 4 aromatic rings. The second-order valence-electron chi connectivity index (χ2n) is 8.54. The van der Waals surface area contributed by atoms with Crippen molar-refractivity contribution in [2.75, 3.05) is 0 Å². The van der Waals surface area contributed by atoms with E-state index in [2.05, 4.69) is 10.5 Å². The molecule has 0 unspecified atom stereocenters. The van der Waals surface area contributed by atoms with E-state index in [0.717, 1.165) is 28.0 Å². The number of benzene rings is 4. The quantitative estimate of drug-likeness (QED) is 0.234. The Morgan fingerprint density at radius 3 is 1.97 bits per heavy atom. The molecule has 182 valence electrons. The number of hydrogen-bond acceptors (Lipinski definition) is 4. The normalized spacial score (nSPS) is 11.4. The predicted octanol–water partition coefficient (Wildman–Crippen LogP) is 5.92. The van der Waals surface area contributed by atoms with E-state index in [1.54, 1.807) is 54.7 Å². The summed E-state index contributed by atoms with van der Waals surface area (Å²) >= 11 is 5.95. The molecule has 0 saturated heterocycles. The number of halogens is 1. The number of aliphatic hydroxyl groups is 1. The minimum Gasteiger partial charge on any atom is -0.488 e. The van der Waals surface area contributed by atoms with E-state index in [1.165, 1.54) is 0 Å². The highest BCUT2D eigenvalue weighted by Gasteiger charge is 2.39. The lowest BCUT2D eigenvalue weighted by Gasteiger charge is -2.27. The van der Waals surface area contributed by atoms with Crippen LogP contribution >= 0.6 is 11.6 Å². The zero-order valence-corrected chi connectivity index (χ0v) is 20.9. The second kappa shape index (κ2) is 11.2. The molecule has 0 atom stereocenters. The smallest absolute Gasteiger partial charge is 0.281 e. The lowest BCUT2D eigenvalue weighted by atomic mass is 9.85. The van der Waals surface area contributed by atoms with Crippen molar-refractivity contribution < 1.29 is 14.6 Å². The molecule has 2 N–H and O–H groups in total. The molecule has 0 aromatic heterocycles. The minimum atomic E-state index is -1.88. The minimum absolute atomic E-state index is 0.430. The number of amides is 1. The first-order valence-electron chi connectivity index (χ1n) is 11.5. The number of carbonyl (C=O) groups excluding carboxylic acids is 1. The van der Waals surface area contributed by atoms with Gasteiger partial charge in [0.1, 0.15) is 12.4 Å². The van der Waals surface area contributed by atoms with E-state index in [1.807, 2.05) is 62.4 Å². The highest BCUT2D eigenvalue weighted by Crippen LogP contribution is 2.30. The van der Waals surface area contributed by atoms with Crippen molar-refractivity contribution in [2.24, 2.45) is 5.10 Å².